The third kappa shape index (κ3) is 10.3. The lowest BCUT2D eigenvalue weighted by Gasteiger charge is -2.32. The van der Waals surface area contributed by atoms with Crippen molar-refractivity contribution in [3.05, 3.63) is 28.7 Å². The minimum absolute atomic E-state index is 0.596. The molecule has 0 atom stereocenters. The Morgan fingerprint density at radius 1 is 1.08 bits per heavy atom. The Morgan fingerprint density at radius 3 is 2.31 bits per heavy atom. The number of nitrogens with zero attached hydrogens (tertiary/aromatic N) is 2. The predicted molar refractivity (Wildman–Crippen MR) is 99.7 cm³/mol. The number of ether oxygens (including phenoxy) is 2. The van der Waals surface area contributed by atoms with Crippen molar-refractivity contribution in [1.82, 2.24) is 9.80 Å². The van der Waals surface area contributed by atoms with Crippen LogP contribution in [0.4, 0.5) is 0 Å². The molecule has 0 bridgehead atoms. The van der Waals surface area contributed by atoms with Crippen LogP contribution in [0.3, 0.4) is 0 Å². The zero-order chi connectivity index (χ0) is 19.4. The standard InChI is InChI=1S/C15H23BrN2O2.C2H2O4/c1-17-5-7-18(8-6-17)9-10-19-11-12-20-15-4-2-3-14(16)13-15;3-1(4)2(5)6/h2-4,13H,5-12H2,1H3;(H,3,4)(H,5,6). The predicted octanol–water partition coefficient (Wildman–Crippen LogP) is 1.25. The van der Waals surface area contributed by atoms with Crippen molar-refractivity contribution < 1.29 is 29.3 Å². The van der Waals surface area contributed by atoms with Gasteiger partial charge in [0.2, 0.25) is 0 Å². The molecule has 0 amide bonds. The lowest BCUT2D eigenvalue weighted by molar-refractivity contribution is -0.159. The molecular formula is C17H25BrN2O6. The third-order valence-electron chi connectivity index (χ3n) is 3.62. The van der Waals surface area contributed by atoms with Gasteiger partial charge in [-0.3, -0.25) is 4.90 Å². The fraction of sp³-hybridized carbons (Fsp3) is 0.529. The summed E-state index contributed by atoms with van der Waals surface area (Å²) in [5.74, 6) is -2.77. The van der Waals surface area contributed by atoms with Crippen LogP contribution in [-0.2, 0) is 14.3 Å². The van der Waals surface area contributed by atoms with Gasteiger partial charge in [0, 0.05) is 37.2 Å². The van der Waals surface area contributed by atoms with Gasteiger partial charge in [-0.25, -0.2) is 9.59 Å². The molecule has 1 saturated heterocycles. The summed E-state index contributed by atoms with van der Waals surface area (Å²) in [5, 5.41) is 14.8. The summed E-state index contributed by atoms with van der Waals surface area (Å²) in [5.41, 5.74) is 0. The summed E-state index contributed by atoms with van der Waals surface area (Å²) < 4.78 is 12.3. The van der Waals surface area contributed by atoms with Crippen molar-refractivity contribution >= 4 is 27.9 Å². The highest BCUT2D eigenvalue weighted by Crippen LogP contribution is 2.17. The van der Waals surface area contributed by atoms with Gasteiger partial charge >= 0.3 is 11.9 Å². The minimum atomic E-state index is -1.82. The highest BCUT2D eigenvalue weighted by atomic mass is 79.9. The number of benzene rings is 1. The molecule has 2 rings (SSSR count). The number of aliphatic carboxylic acids is 2. The molecule has 146 valence electrons. The molecule has 9 heteroatoms. The van der Waals surface area contributed by atoms with Crippen molar-refractivity contribution in [3.63, 3.8) is 0 Å². The molecule has 26 heavy (non-hydrogen) atoms. The van der Waals surface area contributed by atoms with Crippen molar-refractivity contribution in [1.29, 1.82) is 0 Å². The molecule has 1 fully saturated rings. The van der Waals surface area contributed by atoms with E-state index in [4.69, 9.17) is 29.3 Å². The fourth-order valence-corrected chi connectivity index (χ4v) is 2.52. The highest BCUT2D eigenvalue weighted by Gasteiger charge is 2.12. The fourth-order valence-electron chi connectivity index (χ4n) is 2.14. The average Bonchev–Trinajstić information content (AvgIpc) is 2.60. The molecule has 0 unspecified atom stereocenters. The zero-order valence-electron chi connectivity index (χ0n) is 14.8. The average molecular weight is 433 g/mol. The summed E-state index contributed by atoms with van der Waals surface area (Å²) in [6.07, 6.45) is 0. The number of hydrogen-bond donors (Lipinski definition) is 2. The number of carboxylic acid groups (broad SMARTS) is 2. The Labute approximate surface area is 161 Å². The maximum atomic E-state index is 9.10. The number of piperazine rings is 1. The summed E-state index contributed by atoms with van der Waals surface area (Å²) >= 11 is 3.42. The van der Waals surface area contributed by atoms with Crippen LogP contribution in [0.2, 0.25) is 0 Å². The van der Waals surface area contributed by atoms with Gasteiger partial charge < -0.3 is 24.6 Å². The molecule has 0 aliphatic carbocycles. The van der Waals surface area contributed by atoms with Gasteiger partial charge in [0.1, 0.15) is 12.4 Å². The number of likely N-dealkylation sites (N-methyl/N-ethyl adjacent to an activating group) is 1. The number of carbonyl (C=O) groups is 2. The van der Waals surface area contributed by atoms with Gasteiger partial charge in [-0.1, -0.05) is 22.0 Å². The quantitative estimate of drug-likeness (QED) is 0.490. The second kappa shape index (κ2) is 12.6. The first-order valence-corrected chi connectivity index (χ1v) is 9.01. The first-order valence-electron chi connectivity index (χ1n) is 8.21. The van der Waals surface area contributed by atoms with Crippen LogP contribution in [0.5, 0.6) is 5.75 Å². The first-order chi connectivity index (χ1) is 12.4. The first kappa shape index (κ1) is 22.4. The number of carboxylic acids is 2. The van der Waals surface area contributed by atoms with E-state index >= 15 is 0 Å². The molecule has 0 saturated carbocycles. The van der Waals surface area contributed by atoms with Crippen LogP contribution in [0.15, 0.2) is 28.7 Å². The van der Waals surface area contributed by atoms with E-state index < -0.39 is 11.9 Å². The van der Waals surface area contributed by atoms with Gasteiger partial charge in [0.05, 0.1) is 13.2 Å². The van der Waals surface area contributed by atoms with E-state index in [1.165, 1.54) is 0 Å². The van der Waals surface area contributed by atoms with Gasteiger partial charge in [-0.15, -0.1) is 0 Å². The van der Waals surface area contributed by atoms with Gasteiger partial charge in [0.15, 0.2) is 0 Å². The lowest BCUT2D eigenvalue weighted by atomic mass is 10.3. The summed E-state index contributed by atoms with van der Waals surface area (Å²) in [6, 6.07) is 7.87. The molecular weight excluding hydrogens is 408 g/mol. The Hall–Kier alpha value is -1.68. The maximum Gasteiger partial charge on any atom is 0.414 e. The van der Waals surface area contributed by atoms with Crippen LogP contribution in [0, 0.1) is 0 Å². The molecule has 0 radical (unpaired) electrons. The van der Waals surface area contributed by atoms with E-state index in [-0.39, 0.29) is 0 Å². The molecule has 2 N–H and O–H groups in total. The maximum absolute atomic E-state index is 9.10. The van der Waals surface area contributed by atoms with Crippen LogP contribution >= 0.6 is 15.9 Å². The molecule has 0 aromatic heterocycles. The SMILES string of the molecule is CN1CCN(CCOCCOc2cccc(Br)c2)CC1.O=C(O)C(=O)O. The Morgan fingerprint density at radius 2 is 1.73 bits per heavy atom. The van der Waals surface area contributed by atoms with E-state index in [1.807, 2.05) is 24.3 Å². The normalized spacial score (nSPS) is 15.0. The molecule has 1 aliphatic rings. The topological polar surface area (TPSA) is 99.5 Å². The van der Waals surface area contributed by atoms with Crippen molar-refractivity contribution in [2.45, 2.75) is 0 Å². The highest BCUT2D eigenvalue weighted by molar-refractivity contribution is 9.10. The van der Waals surface area contributed by atoms with Crippen molar-refractivity contribution in [3.8, 4) is 5.75 Å². The summed E-state index contributed by atoms with van der Waals surface area (Å²) in [7, 11) is 2.17. The molecule has 1 aliphatic heterocycles. The van der Waals surface area contributed by atoms with E-state index in [0.717, 1.165) is 49.6 Å². The summed E-state index contributed by atoms with van der Waals surface area (Å²) in [6.45, 7) is 7.65. The van der Waals surface area contributed by atoms with E-state index in [9.17, 15) is 0 Å². The minimum Gasteiger partial charge on any atom is -0.491 e. The van der Waals surface area contributed by atoms with Gasteiger partial charge in [0.25, 0.3) is 0 Å². The number of hydrogen-bond acceptors (Lipinski definition) is 6. The van der Waals surface area contributed by atoms with Crippen LogP contribution < -0.4 is 4.74 Å². The molecule has 1 aromatic rings. The number of rotatable bonds is 7. The largest absolute Gasteiger partial charge is 0.491 e. The van der Waals surface area contributed by atoms with Crippen LogP contribution in [0.1, 0.15) is 0 Å². The molecule has 8 nitrogen and oxygen atoms in total. The second-order valence-corrected chi connectivity index (χ2v) is 6.59. The van der Waals surface area contributed by atoms with Crippen molar-refractivity contribution in [2.75, 3.05) is 59.6 Å². The molecule has 1 heterocycles. The van der Waals surface area contributed by atoms with Crippen LogP contribution in [0.25, 0.3) is 0 Å². The monoisotopic (exact) mass is 432 g/mol. The Balaban J connectivity index is 0.000000487. The molecule has 1 aromatic carbocycles. The Kier molecular flexibility index (Phi) is 10.9. The van der Waals surface area contributed by atoms with Crippen LogP contribution in [-0.4, -0.2) is 91.5 Å². The van der Waals surface area contributed by atoms with Gasteiger partial charge in [-0.2, -0.15) is 0 Å². The Bertz CT molecular complexity index is 552. The molecule has 0 spiro atoms. The smallest absolute Gasteiger partial charge is 0.414 e. The lowest BCUT2D eigenvalue weighted by Crippen LogP contribution is -2.45. The second-order valence-electron chi connectivity index (χ2n) is 5.67. The van der Waals surface area contributed by atoms with E-state index in [0.29, 0.717) is 13.2 Å². The van der Waals surface area contributed by atoms with Crippen molar-refractivity contribution in [2.24, 2.45) is 0 Å². The van der Waals surface area contributed by atoms with E-state index in [2.05, 4.69) is 32.8 Å². The van der Waals surface area contributed by atoms with E-state index in [1.54, 1.807) is 0 Å². The zero-order valence-corrected chi connectivity index (χ0v) is 16.4. The third-order valence-corrected chi connectivity index (χ3v) is 4.12. The number of halogens is 1. The summed E-state index contributed by atoms with van der Waals surface area (Å²) in [4.78, 5) is 23.0. The van der Waals surface area contributed by atoms with Gasteiger partial charge in [-0.05, 0) is 25.2 Å².